The number of alkyl halides is 2. The van der Waals surface area contributed by atoms with Gasteiger partial charge < -0.3 is 55.2 Å². The lowest BCUT2D eigenvalue weighted by Gasteiger charge is -2.21. The molecule has 8 N–H and O–H groups in total. The van der Waals surface area contributed by atoms with Crippen LogP contribution in [0, 0.1) is 0 Å². The smallest absolute Gasteiger partial charge is 0.248 e. The van der Waals surface area contributed by atoms with Crippen LogP contribution in [-0.4, -0.2) is 60.6 Å². The predicted molar refractivity (Wildman–Crippen MR) is 414 cm³/mol. The van der Waals surface area contributed by atoms with Gasteiger partial charge in [0.15, 0.2) is 0 Å². The van der Waals surface area contributed by atoms with Crippen LogP contribution in [0.4, 0.5) is 0 Å². The number of hydrogen-bond donors (Lipinski definition) is 7. The summed E-state index contributed by atoms with van der Waals surface area (Å²) in [4.78, 5) is 44.3. The Balaban J connectivity index is 0.000000162. The summed E-state index contributed by atoms with van der Waals surface area (Å²) in [5.74, 6) is 1.84. The minimum atomic E-state index is -0.706. The maximum absolute atomic E-state index is 12.1. The van der Waals surface area contributed by atoms with Crippen LogP contribution in [0.3, 0.4) is 0 Å². The fourth-order valence-corrected chi connectivity index (χ4v) is 14.1. The van der Waals surface area contributed by atoms with E-state index < -0.39 is 12.2 Å². The quantitative estimate of drug-likeness (QED) is 0.0299. The molecule has 14 nitrogen and oxygen atoms in total. The van der Waals surface area contributed by atoms with E-state index in [1.165, 1.54) is 62.7 Å². The molecule has 2 aliphatic carbocycles. The van der Waals surface area contributed by atoms with Crippen LogP contribution in [-0.2, 0) is 75.9 Å². The normalized spacial score (nSPS) is 13.4. The highest BCUT2D eigenvalue weighted by Gasteiger charge is 2.26. The fraction of sp³-hybridized carbons (Fsp3) is 0.321. The summed E-state index contributed by atoms with van der Waals surface area (Å²) in [6.07, 6.45) is 7.18. The van der Waals surface area contributed by atoms with E-state index in [0.29, 0.717) is 82.9 Å². The number of aliphatic hydroxyl groups excluding tert-OH is 2. The largest absolute Gasteiger partial charge is 0.487 e. The number of nitrogens with two attached hydrogens (primary N) is 1. The van der Waals surface area contributed by atoms with Gasteiger partial charge in [-0.3, -0.25) is 14.4 Å². The van der Waals surface area contributed by atoms with Gasteiger partial charge in [-0.1, -0.05) is 200 Å². The number of aryl methyl sites for hydroxylation is 4. The average molecular weight is 1480 g/mol. The first-order chi connectivity index (χ1) is 48.1. The SMILES string of the molecule is C.CC(C)O[C@@H](CBr)c1ccc(OCc2ccccc2)c2[nH]c(=O)ccc12.CCc1cc2c(cc1CC)CC(N)C2.CCc1cc2c(cc1CC)CC(NC[C@H](O)c1ccc(OCc3ccccc3)c3[nH]c(=O)ccc13)C2.O=c1ccc2c([C@@H](O)CBr)ccc(OCc3ccccc3)c2[nH]1. The van der Waals surface area contributed by atoms with Crippen molar-refractivity contribution >= 4 is 64.6 Å². The number of aliphatic hydroxyl groups is 2. The highest BCUT2D eigenvalue weighted by atomic mass is 79.9. The van der Waals surface area contributed by atoms with E-state index in [4.69, 9.17) is 24.7 Å². The zero-order chi connectivity index (χ0) is 70.0. The molecule has 13 rings (SSSR count). The van der Waals surface area contributed by atoms with E-state index in [1.54, 1.807) is 18.2 Å². The van der Waals surface area contributed by atoms with E-state index in [-0.39, 0.29) is 36.3 Å². The number of halogens is 2. The second kappa shape index (κ2) is 36.8. The second-order valence-electron chi connectivity index (χ2n) is 25.5. The summed E-state index contributed by atoms with van der Waals surface area (Å²) in [5.41, 5.74) is 24.8. The van der Waals surface area contributed by atoms with Crippen molar-refractivity contribution in [1.82, 2.24) is 20.3 Å². The van der Waals surface area contributed by atoms with Crippen molar-refractivity contribution < 1.29 is 29.2 Å². The molecule has 2 aliphatic rings. The topological polar surface area (TPSA) is 214 Å². The molecule has 0 saturated carbocycles. The van der Waals surface area contributed by atoms with Crippen molar-refractivity contribution in [3.8, 4) is 17.2 Å². The monoisotopic (exact) mass is 1480 g/mol. The lowest BCUT2D eigenvalue weighted by Crippen LogP contribution is -2.33. The van der Waals surface area contributed by atoms with E-state index >= 15 is 0 Å². The Labute approximate surface area is 604 Å². The molecule has 0 bridgehead atoms. The highest BCUT2D eigenvalue weighted by molar-refractivity contribution is 9.09. The highest BCUT2D eigenvalue weighted by Crippen LogP contribution is 2.36. The molecule has 0 radical (unpaired) electrons. The van der Waals surface area contributed by atoms with Crippen molar-refractivity contribution in [2.24, 2.45) is 5.73 Å². The Morgan fingerprint density at radius 1 is 0.460 bits per heavy atom. The number of nitrogens with one attached hydrogen (secondary N) is 4. The molecule has 16 heteroatoms. The predicted octanol–water partition coefficient (Wildman–Crippen LogP) is 16.4. The van der Waals surface area contributed by atoms with Gasteiger partial charge in [0, 0.05) is 63.6 Å². The molecule has 3 atom stereocenters. The number of fused-ring (bicyclic) bond motifs is 5. The first-order valence-corrected chi connectivity index (χ1v) is 36.7. The van der Waals surface area contributed by atoms with Gasteiger partial charge in [0.2, 0.25) is 16.7 Å². The molecule has 0 spiro atoms. The first-order valence-electron chi connectivity index (χ1n) is 34.4. The van der Waals surface area contributed by atoms with Gasteiger partial charge in [0.05, 0.1) is 41.0 Å². The van der Waals surface area contributed by atoms with Gasteiger partial charge in [0.25, 0.3) is 0 Å². The van der Waals surface area contributed by atoms with Crippen LogP contribution in [0.2, 0.25) is 0 Å². The maximum Gasteiger partial charge on any atom is 0.248 e. The molecule has 11 aromatic rings. The standard InChI is InChI=1S/C31H34N2O3.C21H22BrNO3.C18H16BrNO3.C13H19N.CH4/c1-3-21-14-23-16-25(17-24(23)15-22(21)4-2)32-18-28(34)26-10-12-29(31-27(26)11-13-30(35)33-31)36-19-20-8-6-5-7-9-20;1-14(2)26-19(12-22)16-8-10-18(21-17(16)9-11-20(24)23-21)25-13-15-6-4-3-5-7-15;19-10-15(21)13-6-8-16(18-14(13)7-9-17(22)20-18)23-11-12-4-2-1-3-5-12;1-3-9-5-11-7-13(14)8-12(11)6-10(9)4-2;/h5-15,25,28,32,34H,3-4,16-19H2,1-2H3,(H,33,35);3-11,14,19H,12-13H2,1-2H3,(H,23,24);1-9,15,21H,10-11H2,(H,20,22);5-6,13H,3-4,7-8,14H2,1-2H3;1H4/t28-;19-;15-;;/m000../s1. The van der Waals surface area contributed by atoms with Gasteiger partial charge in [-0.2, -0.15) is 0 Å². The number of aromatic amines is 3. The van der Waals surface area contributed by atoms with Crippen molar-refractivity contribution in [2.45, 2.75) is 157 Å². The van der Waals surface area contributed by atoms with Gasteiger partial charge in [0.1, 0.15) is 37.1 Å². The summed E-state index contributed by atoms with van der Waals surface area (Å²) in [7, 11) is 0. The van der Waals surface area contributed by atoms with E-state index in [2.05, 4.69) is 104 Å². The van der Waals surface area contributed by atoms with Crippen molar-refractivity contribution in [1.29, 1.82) is 0 Å². The fourth-order valence-electron chi connectivity index (χ4n) is 13.2. The zero-order valence-electron chi connectivity index (χ0n) is 57.3. The molecular formula is C84H95Br2N5O9. The van der Waals surface area contributed by atoms with Crippen LogP contribution in [0.15, 0.2) is 202 Å². The number of benzene rings is 8. The molecule has 8 aromatic carbocycles. The Morgan fingerprint density at radius 3 is 1.14 bits per heavy atom. The summed E-state index contributed by atoms with van der Waals surface area (Å²) in [6, 6.07) is 60.9. The Morgan fingerprint density at radius 2 is 0.800 bits per heavy atom. The third-order valence-electron chi connectivity index (χ3n) is 18.2. The lowest BCUT2D eigenvalue weighted by atomic mass is 9.97. The molecule has 3 aromatic heterocycles. The third kappa shape index (κ3) is 19.5. The minimum Gasteiger partial charge on any atom is -0.487 e. The molecular weight excluding hydrogens is 1380 g/mol. The Hall–Kier alpha value is -8.45. The van der Waals surface area contributed by atoms with Crippen LogP contribution >= 0.6 is 31.9 Å². The minimum absolute atomic E-state index is 0. The number of hydrogen-bond acceptors (Lipinski definition) is 11. The van der Waals surface area contributed by atoms with E-state index in [1.807, 2.05) is 141 Å². The third-order valence-corrected chi connectivity index (χ3v) is 19.4. The van der Waals surface area contributed by atoms with Crippen molar-refractivity contribution in [3.63, 3.8) is 0 Å². The van der Waals surface area contributed by atoms with Crippen molar-refractivity contribution in [3.05, 3.63) is 297 Å². The van der Waals surface area contributed by atoms with E-state index in [0.717, 1.165) is 101 Å². The summed E-state index contributed by atoms with van der Waals surface area (Å²) < 4.78 is 23.9. The van der Waals surface area contributed by atoms with Gasteiger partial charge in [-0.05, 0) is 180 Å². The van der Waals surface area contributed by atoms with Crippen molar-refractivity contribution in [2.75, 3.05) is 17.2 Å². The molecule has 100 heavy (non-hydrogen) atoms. The zero-order valence-corrected chi connectivity index (χ0v) is 60.5. The Bertz CT molecular complexity index is 4590. The molecule has 0 fully saturated rings. The van der Waals surface area contributed by atoms with Gasteiger partial charge in [-0.25, -0.2) is 0 Å². The number of rotatable bonds is 23. The Kier molecular flexibility index (Phi) is 27.8. The van der Waals surface area contributed by atoms with E-state index in [9.17, 15) is 24.6 Å². The number of ether oxygens (including phenoxy) is 4. The molecule has 0 amide bonds. The molecule has 0 aliphatic heterocycles. The maximum atomic E-state index is 12.1. The lowest BCUT2D eigenvalue weighted by molar-refractivity contribution is 0.0222. The van der Waals surface area contributed by atoms with Gasteiger partial charge >= 0.3 is 0 Å². The van der Waals surface area contributed by atoms with Gasteiger partial charge in [-0.15, -0.1) is 0 Å². The van der Waals surface area contributed by atoms with Crippen LogP contribution < -0.4 is 41.9 Å². The average Bonchev–Trinajstić information content (AvgIpc) is 1.19. The number of H-pyrrole nitrogens is 3. The molecule has 0 saturated heterocycles. The summed E-state index contributed by atoms with van der Waals surface area (Å²) in [5, 5.41) is 28.4. The second-order valence-corrected chi connectivity index (χ2v) is 26.8. The van der Waals surface area contributed by atoms with Crippen LogP contribution in [0.25, 0.3) is 32.7 Å². The summed E-state index contributed by atoms with van der Waals surface area (Å²) >= 11 is 6.81. The molecule has 0 unspecified atom stereocenters. The first kappa shape index (κ1) is 75.7. The molecule has 524 valence electrons. The van der Waals surface area contributed by atoms with Crippen LogP contribution in [0.1, 0.15) is 145 Å². The molecule has 3 heterocycles. The number of pyridine rings is 3. The van der Waals surface area contributed by atoms with Crippen LogP contribution in [0.5, 0.6) is 17.2 Å². The summed E-state index contributed by atoms with van der Waals surface area (Å²) in [6.45, 7) is 14.6. The number of aromatic nitrogens is 3.